The highest BCUT2D eigenvalue weighted by Gasteiger charge is 2.09. The molecule has 0 saturated carbocycles. The Morgan fingerprint density at radius 3 is 2.78 bits per heavy atom. The molecule has 2 nitrogen and oxygen atoms in total. The van der Waals surface area contributed by atoms with Gasteiger partial charge in [0.2, 0.25) is 5.91 Å². The Balaban J connectivity index is 2.40. The number of carbonyl (C=O) groups is 1. The summed E-state index contributed by atoms with van der Waals surface area (Å²) in [6, 6.07) is 3.19. The lowest BCUT2D eigenvalue weighted by atomic mass is 10.1. The van der Waals surface area contributed by atoms with Gasteiger partial charge in [-0.2, -0.15) is 0 Å². The maximum atomic E-state index is 13.3. The lowest BCUT2D eigenvalue weighted by Gasteiger charge is -2.08. The molecule has 1 aromatic rings. The third kappa shape index (κ3) is 5.00. The molecule has 0 spiro atoms. The SMILES string of the molecule is CCC(Cl)CCNC(=O)Cc1ccc(F)cc1F. The summed E-state index contributed by atoms with van der Waals surface area (Å²) in [4.78, 5) is 11.5. The molecule has 1 rings (SSSR count). The monoisotopic (exact) mass is 275 g/mol. The Morgan fingerprint density at radius 2 is 2.17 bits per heavy atom. The van der Waals surface area contributed by atoms with Crippen LogP contribution in [0.3, 0.4) is 0 Å². The van der Waals surface area contributed by atoms with E-state index in [0.29, 0.717) is 13.0 Å². The molecule has 1 N–H and O–H groups in total. The van der Waals surface area contributed by atoms with Crippen LogP contribution in [0.4, 0.5) is 8.78 Å². The number of alkyl halides is 1. The fraction of sp³-hybridized carbons (Fsp3) is 0.462. The molecule has 5 heteroatoms. The summed E-state index contributed by atoms with van der Waals surface area (Å²) in [7, 11) is 0. The van der Waals surface area contributed by atoms with Gasteiger partial charge in [0.15, 0.2) is 0 Å². The van der Waals surface area contributed by atoms with Crippen LogP contribution in [0.1, 0.15) is 25.3 Å². The highest BCUT2D eigenvalue weighted by molar-refractivity contribution is 6.20. The zero-order valence-electron chi connectivity index (χ0n) is 10.2. The minimum absolute atomic E-state index is 0.0351. The van der Waals surface area contributed by atoms with Crippen molar-refractivity contribution in [3.63, 3.8) is 0 Å². The number of nitrogens with one attached hydrogen (secondary N) is 1. The summed E-state index contributed by atoms with van der Waals surface area (Å²) in [5.74, 6) is -1.64. The first kappa shape index (κ1) is 14.9. The zero-order chi connectivity index (χ0) is 13.5. The van der Waals surface area contributed by atoms with Crippen LogP contribution in [0.15, 0.2) is 18.2 Å². The summed E-state index contributed by atoms with van der Waals surface area (Å²) in [6.45, 7) is 2.43. The Hall–Kier alpha value is -1.16. The average Bonchev–Trinajstić information content (AvgIpc) is 2.32. The molecule has 1 aromatic carbocycles. The minimum Gasteiger partial charge on any atom is -0.356 e. The lowest BCUT2D eigenvalue weighted by molar-refractivity contribution is -0.120. The first-order valence-electron chi connectivity index (χ1n) is 5.87. The van der Waals surface area contributed by atoms with Crippen molar-refractivity contribution >= 4 is 17.5 Å². The van der Waals surface area contributed by atoms with E-state index in [2.05, 4.69) is 5.32 Å². The van der Waals surface area contributed by atoms with Gasteiger partial charge >= 0.3 is 0 Å². The molecule has 0 aliphatic heterocycles. The van der Waals surface area contributed by atoms with Gasteiger partial charge in [-0.05, 0) is 24.5 Å². The molecule has 0 radical (unpaired) electrons. The van der Waals surface area contributed by atoms with Gasteiger partial charge in [0.1, 0.15) is 11.6 Å². The quantitative estimate of drug-likeness (QED) is 0.795. The normalized spacial score (nSPS) is 12.2. The van der Waals surface area contributed by atoms with Gasteiger partial charge in [-0.15, -0.1) is 11.6 Å². The molecule has 1 atom stereocenters. The van der Waals surface area contributed by atoms with E-state index in [0.717, 1.165) is 18.6 Å². The summed E-state index contributed by atoms with van der Waals surface area (Å²) in [5.41, 5.74) is 0.187. The maximum absolute atomic E-state index is 13.3. The topological polar surface area (TPSA) is 29.1 Å². The van der Waals surface area contributed by atoms with Gasteiger partial charge in [-0.3, -0.25) is 4.79 Å². The van der Waals surface area contributed by atoms with Gasteiger partial charge in [0.25, 0.3) is 0 Å². The van der Waals surface area contributed by atoms with Crippen LogP contribution >= 0.6 is 11.6 Å². The van der Waals surface area contributed by atoms with Crippen LogP contribution in [0.2, 0.25) is 0 Å². The third-order valence-electron chi connectivity index (χ3n) is 2.59. The molecule has 0 heterocycles. The number of benzene rings is 1. The summed E-state index contributed by atoms with van der Waals surface area (Å²) < 4.78 is 25.9. The molecular weight excluding hydrogens is 260 g/mol. The van der Waals surface area contributed by atoms with Crippen LogP contribution < -0.4 is 5.32 Å². The lowest BCUT2D eigenvalue weighted by Crippen LogP contribution is -2.27. The molecule has 0 aromatic heterocycles. The van der Waals surface area contributed by atoms with E-state index in [1.165, 1.54) is 6.07 Å². The molecular formula is C13H16ClF2NO. The molecule has 0 fully saturated rings. The van der Waals surface area contributed by atoms with Crippen molar-refractivity contribution in [1.82, 2.24) is 5.32 Å². The van der Waals surface area contributed by atoms with Crippen molar-refractivity contribution in [1.29, 1.82) is 0 Å². The van der Waals surface area contributed by atoms with E-state index in [1.54, 1.807) is 0 Å². The summed E-state index contributed by atoms with van der Waals surface area (Å²) in [5, 5.41) is 2.69. The first-order chi connectivity index (χ1) is 8.52. The predicted octanol–water partition coefficient (Wildman–Crippen LogP) is 3.03. The van der Waals surface area contributed by atoms with Gasteiger partial charge in [0, 0.05) is 18.0 Å². The highest BCUT2D eigenvalue weighted by Crippen LogP contribution is 2.10. The van der Waals surface area contributed by atoms with Crippen molar-refractivity contribution in [2.24, 2.45) is 0 Å². The average molecular weight is 276 g/mol. The Morgan fingerprint density at radius 1 is 1.44 bits per heavy atom. The van der Waals surface area contributed by atoms with E-state index in [4.69, 9.17) is 11.6 Å². The first-order valence-corrected chi connectivity index (χ1v) is 6.31. The van der Waals surface area contributed by atoms with Crippen LogP contribution in [0.5, 0.6) is 0 Å². The molecule has 0 aliphatic carbocycles. The standard InChI is InChI=1S/C13H16ClF2NO/c1-2-10(14)5-6-17-13(18)7-9-3-4-11(15)8-12(9)16/h3-4,8,10H,2,5-7H2,1H3,(H,17,18). The van der Waals surface area contributed by atoms with Crippen LogP contribution in [0, 0.1) is 11.6 Å². The Labute approximate surface area is 110 Å². The van der Waals surface area contributed by atoms with Crippen molar-refractivity contribution < 1.29 is 13.6 Å². The highest BCUT2D eigenvalue weighted by atomic mass is 35.5. The molecule has 0 bridgehead atoms. The number of rotatable bonds is 6. The summed E-state index contributed by atoms with van der Waals surface area (Å²) in [6.07, 6.45) is 1.42. The molecule has 100 valence electrons. The Kier molecular flexibility index (Phi) is 6.05. The number of amides is 1. The number of hydrogen-bond acceptors (Lipinski definition) is 1. The van der Waals surface area contributed by atoms with Gasteiger partial charge in [-0.1, -0.05) is 13.0 Å². The van der Waals surface area contributed by atoms with Crippen molar-refractivity contribution in [3.05, 3.63) is 35.4 Å². The smallest absolute Gasteiger partial charge is 0.224 e. The third-order valence-corrected chi connectivity index (χ3v) is 3.12. The van der Waals surface area contributed by atoms with E-state index in [-0.39, 0.29) is 23.3 Å². The number of hydrogen-bond donors (Lipinski definition) is 1. The van der Waals surface area contributed by atoms with Gasteiger partial charge in [0.05, 0.1) is 6.42 Å². The van der Waals surface area contributed by atoms with E-state index in [1.807, 2.05) is 6.92 Å². The van der Waals surface area contributed by atoms with E-state index < -0.39 is 11.6 Å². The van der Waals surface area contributed by atoms with Gasteiger partial charge < -0.3 is 5.32 Å². The predicted molar refractivity (Wildman–Crippen MR) is 67.6 cm³/mol. The van der Waals surface area contributed by atoms with Crippen molar-refractivity contribution in [2.45, 2.75) is 31.6 Å². The van der Waals surface area contributed by atoms with Crippen molar-refractivity contribution in [2.75, 3.05) is 6.54 Å². The molecule has 0 aliphatic rings. The number of halogens is 3. The summed E-state index contributed by atoms with van der Waals surface area (Å²) >= 11 is 5.90. The molecule has 18 heavy (non-hydrogen) atoms. The van der Waals surface area contributed by atoms with E-state index >= 15 is 0 Å². The second-order valence-corrected chi connectivity index (χ2v) is 4.67. The largest absolute Gasteiger partial charge is 0.356 e. The second kappa shape index (κ2) is 7.31. The van der Waals surface area contributed by atoms with Crippen LogP contribution in [-0.2, 0) is 11.2 Å². The molecule has 1 amide bonds. The fourth-order valence-corrected chi connectivity index (χ4v) is 1.58. The van der Waals surface area contributed by atoms with Gasteiger partial charge in [-0.25, -0.2) is 8.78 Å². The zero-order valence-corrected chi connectivity index (χ0v) is 10.9. The van der Waals surface area contributed by atoms with Crippen LogP contribution in [-0.4, -0.2) is 17.8 Å². The van der Waals surface area contributed by atoms with Crippen LogP contribution in [0.25, 0.3) is 0 Å². The molecule has 0 saturated heterocycles. The second-order valence-electron chi connectivity index (χ2n) is 4.06. The van der Waals surface area contributed by atoms with E-state index in [9.17, 15) is 13.6 Å². The number of carbonyl (C=O) groups excluding carboxylic acids is 1. The fourth-order valence-electron chi connectivity index (χ4n) is 1.47. The Bertz CT molecular complexity index is 412. The maximum Gasteiger partial charge on any atom is 0.224 e. The van der Waals surface area contributed by atoms with Crippen molar-refractivity contribution in [3.8, 4) is 0 Å². The minimum atomic E-state index is -0.700. The molecule has 1 unspecified atom stereocenters.